The molecule has 1 atom stereocenters. The first-order valence-electron chi connectivity index (χ1n) is 8.61. The number of nitrogens with zero attached hydrogens (tertiary/aromatic N) is 3. The van der Waals surface area contributed by atoms with Gasteiger partial charge in [0, 0.05) is 38.0 Å². The largest absolute Gasteiger partial charge is 0.356 e. The topological polar surface area (TPSA) is 54.2 Å². The molecule has 3 rings (SSSR count). The van der Waals surface area contributed by atoms with Gasteiger partial charge in [0.1, 0.15) is 5.82 Å². The number of rotatable bonds is 6. The molecule has 1 saturated heterocycles. The van der Waals surface area contributed by atoms with Gasteiger partial charge < -0.3 is 10.6 Å². The Balaban J connectivity index is 0.00000243. The van der Waals surface area contributed by atoms with Crippen LogP contribution in [0.15, 0.2) is 41.5 Å². The number of halogens is 2. The summed E-state index contributed by atoms with van der Waals surface area (Å²) in [5.41, 5.74) is 1.84. The maximum atomic E-state index is 13.0. The van der Waals surface area contributed by atoms with Crippen LogP contribution < -0.4 is 10.6 Å². The van der Waals surface area contributed by atoms with E-state index >= 15 is 0 Å². The minimum Gasteiger partial charge on any atom is -0.356 e. The zero-order valence-corrected chi connectivity index (χ0v) is 18.0. The van der Waals surface area contributed by atoms with Crippen molar-refractivity contribution in [1.82, 2.24) is 20.4 Å². The monoisotopic (exact) mass is 489 g/mol. The lowest BCUT2D eigenvalue weighted by Crippen LogP contribution is -2.40. The molecule has 0 aliphatic carbocycles. The van der Waals surface area contributed by atoms with Crippen LogP contribution in [0.25, 0.3) is 5.69 Å². The van der Waals surface area contributed by atoms with E-state index in [2.05, 4.69) is 20.7 Å². The zero-order valence-electron chi connectivity index (χ0n) is 14.8. The van der Waals surface area contributed by atoms with Gasteiger partial charge in [0.25, 0.3) is 0 Å². The maximum absolute atomic E-state index is 13.0. The van der Waals surface area contributed by atoms with Crippen molar-refractivity contribution in [2.24, 2.45) is 4.99 Å². The molecule has 2 N–H and O–H groups in total. The van der Waals surface area contributed by atoms with Crippen LogP contribution in [0.2, 0.25) is 0 Å². The number of hydrogen-bond donors (Lipinski definition) is 2. The van der Waals surface area contributed by atoms with Crippen LogP contribution in [0.4, 0.5) is 4.39 Å². The van der Waals surface area contributed by atoms with Gasteiger partial charge in [-0.1, -0.05) is 0 Å². The summed E-state index contributed by atoms with van der Waals surface area (Å²) in [5, 5.41) is 12.0. The lowest BCUT2D eigenvalue weighted by Gasteiger charge is -2.14. The highest BCUT2D eigenvalue weighted by atomic mass is 127. The van der Waals surface area contributed by atoms with Crippen LogP contribution in [0.1, 0.15) is 18.5 Å². The molecule has 1 unspecified atom stereocenters. The second-order valence-corrected chi connectivity index (χ2v) is 7.40. The molecule has 142 valence electrons. The van der Waals surface area contributed by atoms with Gasteiger partial charge >= 0.3 is 0 Å². The van der Waals surface area contributed by atoms with Gasteiger partial charge in [-0.2, -0.15) is 16.9 Å². The number of hydrogen-bond acceptors (Lipinski definition) is 3. The molecular weight excluding hydrogens is 464 g/mol. The lowest BCUT2D eigenvalue weighted by atomic mass is 10.2. The van der Waals surface area contributed by atoms with Crippen LogP contribution in [-0.2, 0) is 6.42 Å². The Kier molecular flexibility index (Phi) is 8.70. The molecule has 0 spiro atoms. The second-order valence-electron chi connectivity index (χ2n) is 5.99. The van der Waals surface area contributed by atoms with Gasteiger partial charge in [-0.25, -0.2) is 9.07 Å². The average Bonchev–Trinajstić information content (AvgIpc) is 3.30. The van der Waals surface area contributed by atoms with Crippen molar-refractivity contribution in [2.45, 2.75) is 24.5 Å². The number of nitrogens with one attached hydrogen (secondary N) is 2. The highest BCUT2D eigenvalue weighted by Crippen LogP contribution is 2.25. The summed E-state index contributed by atoms with van der Waals surface area (Å²) < 4.78 is 14.8. The molecule has 5 nitrogen and oxygen atoms in total. The van der Waals surface area contributed by atoms with Crippen LogP contribution in [-0.4, -0.2) is 46.9 Å². The van der Waals surface area contributed by atoms with Gasteiger partial charge in [0.05, 0.1) is 11.4 Å². The van der Waals surface area contributed by atoms with Crippen molar-refractivity contribution in [3.8, 4) is 5.69 Å². The Hall–Kier alpha value is -1.29. The molecule has 1 fully saturated rings. The van der Waals surface area contributed by atoms with E-state index in [1.54, 1.807) is 23.9 Å². The molecule has 1 aromatic heterocycles. The fourth-order valence-corrected chi connectivity index (χ4v) is 3.98. The van der Waals surface area contributed by atoms with E-state index in [0.717, 1.165) is 36.9 Å². The zero-order chi connectivity index (χ0) is 17.5. The summed E-state index contributed by atoms with van der Waals surface area (Å²) in [4.78, 5) is 4.27. The van der Waals surface area contributed by atoms with Crippen molar-refractivity contribution in [2.75, 3.05) is 25.9 Å². The van der Waals surface area contributed by atoms with Gasteiger partial charge in [-0.05, 0) is 48.9 Å². The quantitative estimate of drug-likeness (QED) is 0.372. The average molecular weight is 489 g/mol. The summed E-state index contributed by atoms with van der Waals surface area (Å²) >= 11 is 2.04. The van der Waals surface area contributed by atoms with E-state index in [-0.39, 0.29) is 29.8 Å². The number of aliphatic imine (C=N–C) groups is 1. The van der Waals surface area contributed by atoms with E-state index in [1.807, 2.05) is 24.0 Å². The molecule has 1 aliphatic rings. The fraction of sp³-hybridized carbons (Fsp3) is 0.444. The van der Waals surface area contributed by atoms with Crippen molar-refractivity contribution in [3.63, 3.8) is 0 Å². The van der Waals surface area contributed by atoms with E-state index in [9.17, 15) is 4.39 Å². The minimum absolute atomic E-state index is 0. The number of aromatic nitrogens is 2. The highest BCUT2D eigenvalue weighted by Gasteiger charge is 2.15. The van der Waals surface area contributed by atoms with Gasteiger partial charge in [0.15, 0.2) is 5.96 Å². The van der Waals surface area contributed by atoms with Gasteiger partial charge in [-0.3, -0.25) is 4.99 Å². The van der Waals surface area contributed by atoms with Crippen LogP contribution in [0, 0.1) is 5.82 Å². The SMILES string of the molecule is CN=C(NCCc1ccn(-c2ccc(F)cc2)n1)NCC1CCCS1.I. The summed E-state index contributed by atoms with van der Waals surface area (Å²) in [6.07, 6.45) is 5.30. The molecule has 2 aromatic rings. The fourth-order valence-electron chi connectivity index (χ4n) is 2.78. The second kappa shape index (κ2) is 10.8. The maximum Gasteiger partial charge on any atom is 0.191 e. The van der Waals surface area contributed by atoms with Gasteiger partial charge in [0.2, 0.25) is 0 Å². The predicted molar refractivity (Wildman–Crippen MR) is 117 cm³/mol. The third-order valence-corrected chi connectivity index (χ3v) is 5.55. The molecule has 8 heteroatoms. The Bertz CT molecular complexity index is 698. The summed E-state index contributed by atoms with van der Waals surface area (Å²) in [7, 11) is 1.79. The standard InChI is InChI=1S/C18H24FN5S.HI/c1-20-18(22-13-17-3-2-12-25-17)21-10-8-15-9-11-24(23-15)16-6-4-14(19)5-7-16;/h4-7,9,11,17H,2-3,8,10,12-13H2,1H3,(H2,20,21,22);1H. The van der Waals surface area contributed by atoms with Crippen molar-refractivity contribution in [1.29, 1.82) is 0 Å². The first-order valence-corrected chi connectivity index (χ1v) is 9.66. The molecule has 0 radical (unpaired) electrons. The highest BCUT2D eigenvalue weighted by molar-refractivity contribution is 14.0. The smallest absolute Gasteiger partial charge is 0.191 e. The first-order chi connectivity index (χ1) is 12.2. The van der Waals surface area contributed by atoms with E-state index in [4.69, 9.17) is 0 Å². The Morgan fingerprint density at radius 3 is 2.81 bits per heavy atom. The van der Waals surface area contributed by atoms with E-state index < -0.39 is 0 Å². The summed E-state index contributed by atoms with van der Waals surface area (Å²) in [5.74, 6) is 1.87. The Morgan fingerprint density at radius 2 is 2.12 bits per heavy atom. The molecular formula is C18H25FIN5S. The van der Waals surface area contributed by atoms with E-state index in [0.29, 0.717) is 5.25 Å². The molecule has 1 aromatic carbocycles. The molecule has 26 heavy (non-hydrogen) atoms. The normalized spacial score (nSPS) is 17.0. The van der Waals surface area contributed by atoms with Crippen LogP contribution >= 0.6 is 35.7 Å². The Labute approximate surface area is 175 Å². The minimum atomic E-state index is -0.241. The van der Waals surface area contributed by atoms with Crippen molar-refractivity contribution in [3.05, 3.63) is 48.0 Å². The molecule has 2 heterocycles. The van der Waals surface area contributed by atoms with Gasteiger partial charge in [-0.15, -0.1) is 24.0 Å². The molecule has 0 saturated carbocycles. The first kappa shape index (κ1) is 21.0. The molecule has 1 aliphatic heterocycles. The molecule has 0 amide bonds. The summed E-state index contributed by atoms with van der Waals surface area (Å²) in [6, 6.07) is 8.30. The third-order valence-electron chi connectivity index (χ3n) is 4.15. The van der Waals surface area contributed by atoms with Crippen LogP contribution in [0.3, 0.4) is 0 Å². The van der Waals surface area contributed by atoms with Crippen LogP contribution in [0.5, 0.6) is 0 Å². The molecule has 0 bridgehead atoms. The third kappa shape index (κ3) is 6.15. The number of guanidine groups is 1. The number of thioether (sulfide) groups is 1. The van der Waals surface area contributed by atoms with Crippen molar-refractivity contribution >= 4 is 41.7 Å². The Morgan fingerprint density at radius 1 is 1.31 bits per heavy atom. The summed E-state index contributed by atoms with van der Waals surface area (Å²) in [6.45, 7) is 1.72. The van der Waals surface area contributed by atoms with Crippen molar-refractivity contribution < 1.29 is 4.39 Å². The predicted octanol–water partition coefficient (Wildman–Crippen LogP) is 3.23. The number of benzene rings is 1. The lowest BCUT2D eigenvalue weighted by molar-refractivity contribution is 0.627. The van der Waals surface area contributed by atoms with E-state index in [1.165, 1.54) is 30.7 Å².